The Morgan fingerprint density at radius 1 is 1.47 bits per heavy atom. The highest BCUT2D eigenvalue weighted by molar-refractivity contribution is 7.18. The first-order chi connectivity index (χ1) is 7.33. The molecule has 1 atom stereocenters. The van der Waals surface area contributed by atoms with E-state index in [9.17, 15) is 0 Å². The number of para-hydroxylation sites is 1. The van der Waals surface area contributed by atoms with Gasteiger partial charge < -0.3 is 0 Å². The van der Waals surface area contributed by atoms with E-state index in [4.69, 9.17) is 16.9 Å². The van der Waals surface area contributed by atoms with Gasteiger partial charge in [-0.1, -0.05) is 12.1 Å². The maximum Gasteiger partial charge on any atom is 0.0952 e. The summed E-state index contributed by atoms with van der Waals surface area (Å²) in [5.74, 6) is 0.235. The molecular formula is C11H9ClN2S. The van der Waals surface area contributed by atoms with Gasteiger partial charge in [0.1, 0.15) is 0 Å². The molecule has 76 valence electrons. The van der Waals surface area contributed by atoms with Crippen molar-refractivity contribution in [2.75, 3.05) is 5.88 Å². The average molecular weight is 237 g/mol. The molecule has 4 heteroatoms. The maximum absolute atomic E-state index is 8.80. The van der Waals surface area contributed by atoms with Crippen LogP contribution in [0.5, 0.6) is 0 Å². The molecule has 1 aromatic carbocycles. The van der Waals surface area contributed by atoms with Crippen LogP contribution < -0.4 is 0 Å². The first kappa shape index (κ1) is 10.4. The second kappa shape index (κ2) is 4.61. The topological polar surface area (TPSA) is 36.7 Å². The van der Waals surface area contributed by atoms with Crippen molar-refractivity contribution in [2.24, 2.45) is 5.92 Å². The van der Waals surface area contributed by atoms with Crippen LogP contribution in [0.2, 0.25) is 0 Å². The summed E-state index contributed by atoms with van der Waals surface area (Å²) >= 11 is 7.31. The maximum atomic E-state index is 8.80. The van der Waals surface area contributed by atoms with Crippen molar-refractivity contribution >= 4 is 33.2 Å². The smallest absolute Gasteiger partial charge is 0.0952 e. The lowest BCUT2D eigenvalue weighted by Crippen LogP contribution is -2.02. The van der Waals surface area contributed by atoms with Gasteiger partial charge in [0.25, 0.3) is 0 Å². The number of halogens is 1. The van der Waals surface area contributed by atoms with Gasteiger partial charge in [-0.3, -0.25) is 0 Å². The fraction of sp³-hybridized carbons (Fsp3) is 0.273. The quantitative estimate of drug-likeness (QED) is 0.768. The molecule has 15 heavy (non-hydrogen) atoms. The third kappa shape index (κ3) is 2.28. The van der Waals surface area contributed by atoms with Crippen molar-refractivity contribution < 1.29 is 0 Å². The summed E-state index contributed by atoms with van der Waals surface area (Å²) in [6, 6.07) is 10.2. The molecular weight excluding hydrogens is 228 g/mol. The van der Waals surface area contributed by atoms with Crippen LogP contribution in [0.4, 0.5) is 0 Å². The first-order valence-corrected chi connectivity index (χ1v) is 5.98. The van der Waals surface area contributed by atoms with E-state index in [-0.39, 0.29) is 5.92 Å². The molecule has 0 amide bonds. The molecule has 0 radical (unpaired) electrons. The molecule has 0 saturated heterocycles. The van der Waals surface area contributed by atoms with Crippen LogP contribution in [-0.2, 0) is 6.42 Å². The third-order valence-electron chi connectivity index (χ3n) is 2.13. The molecule has 0 N–H and O–H groups in total. The minimum atomic E-state index is -0.132. The minimum Gasteiger partial charge on any atom is -0.241 e. The van der Waals surface area contributed by atoms with E-state index in [1.807, 2.05) is 24.3 Å². The largest absolute Gasteiger partial charge is 0.241 e. The number of benzene rings is 1. The van der Waals surface area contributed by atoms with Crippen molar-refractivity contribution in [3.05, 3.63) is 29.3 Å². The summed E-state index contributed by atoms with van der Waals surface area (Å²) in [5.41, 5.74) is 1.00. The molecule has 0 saturated carbocycles. The molecule has 0 fully saturated rings. The van der Waals surface area contributed by atoms with Crippen molar-refractivity contribution in [1.29, 1.82) is 5.26 Å². The molecule has 0 aliphatic rings. The van der Waals surface area contributed by atoms with Gasteiger partial charge in [-0.25, -0.2) is 4.98 Å². The molecule has 0 bridgehead atoms. The van der Waals surface area contributed by atoms with Crippen LogP contribution >= 0.6 is 22.9 Å². The minimum absolute atomic E-state index is 0.132. The van der Waals surface area contributed by atoms with Crippen molar-refractivity contribution in [1.82, 2.24) is 4.98 Å². The summed E-state index contributed by atoms with van der Waals surface area (Å²) in [7, 11) is 0. The Morgan fingerprint density at radius 2 is 2.27 bits per heavy atom. The van der Waals surface area contributed by atoms with Crippen LogP contribution in [0.15, 0.2) is 24.3 Å². The molecule has 0 aliphatic carbocycles. The van der Waals surface area contributed by atoms with Gasteiger partial charge in [0.05, 0.1) is 27.2 Å². The van der Waals surface area contributed by atoms with Crippen LogP contribution in [-0.4, -0.2) is 10.9 Å². The fourth-order valence-corrected chi connectivity index (χ4v) is 2.58. The predicted molar refractivity (Wildman–Crippen MR) is 63.1 cm³/mol. The highest BCUT2D eigenvalue weighted by Gasteiger charge is 2.10. The number of alkyl halides is 1. The zero-order valence-electron chi connectivity index (χ0n) is 7.98. The molecule has 0 aliphatic heterocycles. The van der Waals surface area contributed by atoms with Crippen LogP contribution in [0.25, 0.3) is 10.2 Å². The molecule has 2 rings (SSSR count). The number of aromatic nitrogens is 1. The number of fused-ring (bicyclic) bond motifs is 1. The van der Waals surface area contributed by atoms with Gasteiger partial charge in [0, 0.05) is 12.3 Å². The van der Waals surface area contributed by atoms with Crippen LogP contribution in [0.1, 0.15) is 5.01 Å². The number of nitriles is 1. The Balaban J connectivity index is 2.26. The average Bonchev–Trinajstić information content (AvgIpc) is 2.68. The summed E-state index contributed by atoms with van der Waals surface area (Å²) in [5, 5.41) is 9.79. The van der Waals surface area contributed by atoms with E-state index in [1.165, 1.54) is 4.70 Å². The van der Waals surface area contributed by atoms with Crippen molar-refractivity contribution in [2.45, 2.75) is 6.42 Å². The van der Waals surface area contributed by atoms with Gasteiger partial charge in [-0.2, -0.15) is 5.26 Å². The number of thiazole rings is 1. The third-order valence-corrected chi connectivity index (χ3v) is 3.56. The Bertz CT molecular complexity index is 468. The molecule has 2 nitrogen and oxygen atoms in total. The van der Waals surface area contributed by atoms with E-state index >= 15 is 0 Å². The number of hydrogen-bond acceptors (Lipinski definition) is 3. The van der Waals surface area contributed by atoms with Crippen molar-refractivity contribution in [3.63, 3.8) is 0 Å². The van der Waals surface area contributed by atoms with Gasteiger partial charge in [-0.15, -0.1) is 22.9 Å². The lowest BCUT2D eigenvalue weighted by molar-refractivity contribution is 0.743. The zero-order chi connectivity index (χ0) is 10.7. The van der Waals surface area contributed by atoms with E-state index in [1.54, 1.807) is 11.3 Å². The van der Waals surface area contributed by atoms with E-state index in [0.29, 0.717) is 12.3 Å². The number of rotatable bonds is 3. The second-order valence-corrected chi connectivity index (χ2v) is 4.68. The molecule has 0 spiro atoms. The van der Waals surface area contributed by atoms with E-state index in [2.05, 4.69) is 11.1 Å². The summed E-state index contributed by atoms with van der Waals surface area (Å²) in [6.45, 7) is 0. The standard InChI is InChI=1S/C11H9ClN2S/c12-6-8(7-13)5-11-14-9-3-1-2-4-10(9)15-11/h1-4,8H,5-6H2. The molecule has 1 heterocycles. The monoisotopic (exact) mass is 236 g/mol. The lowest BCUT2D eigenvalue weighted by atomic mass is 10.1. The first-order valence-electron chi connectivity index (χ1n) is 4.63. The van der Waals surface area contributed by atoms with Crippen LogP contribution in [0, 0.1) is 17.2 Å². The Morgan fingerprint density at radius 3 is 2.93 bits per heavy atom. The van der Waals surface area contributed by atoms with Crippen molar-refractivity contribution in [3.8, 4) is 6.07 Å². The summed E-state index contributed by atoms with van der Waals surface area (Å²) < 4.78 is 1.17. The Labute approximate surface area is 97.1 Å². The molecule has 2 aromatic rings. The van der Waals surface area contributed by atoms with E-state index < -0.39 is 0 Å². The highest BCUT2D eigenvalue weighted by Crippen LogP contribution is 2.23. The normalized spacial score (nSPS) is 12.5. The second-order valence-electron chi connectivity index (χ2n) is 3.26. The SMILES string of the molecule is N#CC(CCl)Cc1nc2ccccc2s1. The Hall–Kier alpha value is -1.11. The van der Waals surface area contributed by atoms with Gasteiger partial charge >= 0.3 is 0 Å². The van der Waals surface area contributed by atoms with Gasteiger partial charge in [0.15, 0.2) is 0 Å². The highest BCUT2D eigenvalue weighted by atomic mass is 35.5. The summed E-state index contributed by atoms with van der Waals surface area (Å²) in [6.07, 6.45) is 0.652. The number of hydrogen-bond donors (Lipinski definition) is 0. The number of nitrogens with zero attached hydrogens (tertiary/aromatic N) is 2. The zero-order valence-corrected chi connectivity index (χ0v) is 9.55. The lowest BCUT2D eigenvalue weighted by Gasteiger charge is -1.99. The summed E-state index contributed by atoms with van der Waals surface area (Å²) in [4.78, 5) is 4.46. The van der Waals surface area contributed by atoms with Crippen LogP contribution in [0.3, 0.4) is 0 Å². The van der Waals surface area contributed by atoms with Gasteiger partial charge in [0.2, 0.25) is 0 Å². The Kier molecular flexibility index (Phi) is 3.20. The van der Waals surface area contributed by atoms with E-state index in [0.717, 1.165) is 10.5 Å². The predicted octanol–water partition coefficient (Wildman–Crippen LogP) is 3.22. The fourth-order valence-electron chi connectivity index (χ4n) is 1.35. The molecule has 1 aromatic heterocycles. The molecule has 1 unspecified atom stereocenters. The van der Waals surface area contributed by atoms with Gasteiger partial charge in [-0.05, 0) is 12.1 Å².